The third-order valence-electron chi connectivity index (χ3n) is 5.58. The van der Waals surface area contributed by atoms with Crippen LogP contribution in [0.5, 0.6) is 0 Å². The van der Waals surface area contributed by atoms with Gasteiger partial charge in [0.2, 0.25) is 0 Å². The monoisotopic (exact) mass is 377 g/mol. The highest BCUT2D eigenvalue weighted by Gasteiger charge is 2.31. The summed E-state index contributed by atoms with van der Waals surface area (Å²) in [4.78, 5) is 24.0. The first-order valence-electron chi connectivity index (χ1n) is 10.0. The summed E-state index contributed by atoms with van der Waals surface area (Å²) < 4.78 is 2.23. The number of nitrogens with one attached hydrogen (secondary N) is 1. The number of aromatic nitrogens is 3. The summed E-state index contributed by atoms with van der Waals surface area (Å²) in [6.45, 7) is 8.62. The molecule has 1 aromatic carbocycles. The lowest BCUT2D eigenvalue weighted by atomic mass is 10.1. The number of rotatable bonds is 4. The summed E-state index contributed by atoms with van der Waals surface area (Å²) in [5.74, 6) is 1.29. The molecule has 2 amide bonds. The lowest BCUT2D eigenvalue weighted by molar-refractivity contribution is 0.222. The van der Waals surface area contributed by atoms with E-state index in [2.05, 4.69) is 35.6 Å². The summed E-state index contributed by atoms with van der Waals surface area (Å²) in [5.41, 5.74) is 5.13. The minimum Gasteiger partial charge on any atom is -0.324 e. The van der Waals surface area contributed by atoms with E-state index in [1.807, 2.05) is 41.4 Å². The Bertz CT molecular complexity index is 1010. The zero-order valence-corrected chi connectivity index (χ0v) is 16.8. The van der Waals surface area contributed by atoms with Crippen molar-refractivity contribution in [1.82, 2.24) is 19.4 Å². The maximum atomic E-state index is 12.7. The number of pyridine rings is 1. The van der Waals surface area contributed by atoms with Gasteiger partial charge in [0.1, 0.15) is 11.3 Å². The quantitative estimate of drug-likeness (QED) is 0.729. The number of hydrogen-bond donors (Lipinski definition) is 1. The van der Waals surface area contributed by atoms with Crippen LogP contribution in [-0.4, -0.2) is 38.6 Å². The van der Waals surface area contributed by atoms with Crippen LogP contribution in [-0.2, 0) is 6.54 Å². The number of benzene rings is 1. The zero-order valence-electron chi connectivity index (χ0n) is 16.8. The Morgan fingerprint density at radius 3 is 2.89 bits per heavy atom. The van der Waals surface area contributed by atoms with Crippen LogP contribution in [0, 0.1) is 13.8 Å². The molecule has 1 fully saturated rings. The van der Waals surface area contributed by atoms with Crippen molar-refractivity contribution >= 4 is 22.9 Å². The van der Waals surface area contributed by atoms with Crippen LogP contribution in [0.2, 0.25) is 0 Å². The molecule has 2 aromatic heterocycles. The molecule has 1 aliphatic rings. The summed E-state index contributed by atoms with van der Waals surface area (Å²) in [7, 11) is 0. The van der Waals surface area contributed by atoms with Gasteiger partial charge in [0, 0.05) is 37.4 Å². The molecule has 6 heteroatoms. The van der Waals surface area contributed by atoms with Gasteiger partial charge in [-0.1, -0.05) is 13.0 Å². The number of likely N-dealkylation sites (tertiary alicyclic amines) is 1. The van der Waals surface area contributed by atoms with Gasteiger partial charge in [-0.2, -0.15) is 0 Å². The first-order chi connectivity index (χ1) is 13.6. The predicted molar refractivity (Wildman–Crippen MR) is 112 cm³/mol. The molecule has 1 atom stereocenters. The number of fused-ring (bicyclic) bond motifs is 1. The number of hydrogen-bond acceptors (Lipinski definition) is 3. The van der Waals surface area contributed by atoms with Gasteiger partial charge >= 0.3 is 6.03 Å². The number of imidazole rings is 1. The summed E-state index contributed by atoms with van der Waals surface area (Å²) in [5, 5.41) is 3.04. The SMILES string of the molecule is CCCn1c([C@@H]2CCN(C(=O)Nc3ccc(C)c(C)c3)C2)nc2cccnc21. The fraction of sp³-hybridized carbons (Fsp3) is 0.409. The molecule has 3 aromatic rings. The van der Waals surface area contributed by atoms with Crippen LogP contribution in [0.25, 0.3) is 11.2 Å². The molecule has 0 radical (unpaired) electrons. The number of nitrogens with zero attached hydrogens (tertiary/aromatic N) is 4. The summed E-state index contributed by atoms with van der Waals surface area (Å²) in [6.07, 6.45) is 3.77. The topological polar surface area (TPSA) is 63.1 Å². The highest BCUT2D eigenvalue weighted by atomic mass is 16.2. The number of anilines is 1. The molecule has 0 saturated carbocycles. The van der Waals surface area contributed by atoms with E-state index < -0.39 is 0 Å². The molecule has 4 rings (SSSR count). The molecule has 3 heterocycles. The van der Waals surface area contributed by atoms with Crippen molar-refractivity contribution in [2.75, 3.05) is 18.4 Å². The first-order valence-corrected chi connectivity index (χ1v) is 10.0. The van der Waals surface area contributed by atoms with Crippen LogP contribution in [0.4, 0.5) is 10.5 Å². The molecule has 1 saturated heterocycles. The molecular formula is C22H27N5O. The maximum Gasteiger partial charge on any atom is 0.321 e. The van der Waals surface area contributed by atoms with E-state index in [-0.39, 0.29) is 11.9 Å². The molecule has 146 valence electrons. The van der Waals surface area contributed by atoms with Crippen molar-refractivity contribution in [2.24, 2.45) is 0 Å². The smallest absolute Gasteiger partial charge is 0.321 e. The Balaban J connectivity index is 1.51. The molecule has 0 aliphatic carbocycles. The number of urea groups is 1. The van der Waals surface area contributed by atoms with E-state index in [1.165, 1.54) is 11.1 Å². The second-order valence-electron chi connectivity index (χ2n) is 7.63. The third kappa shape index (κ3) is 3.46. The van der Waals surface area contributed by atoms with E-state index in [0.717, 1.165) is 48.6 Å². The van der Waals surface area contributed by atoms with Crippen molar-refractivity contribution in [2.45, 2.75) is 46.1 Å². The summed E-state index contributed by atoms with van der Waals surface area (Å²) in [6, 6.07) is 9.91. The van der Waals surface area contributed by atoms with E-state index in [0.29, 0.717) is 6.54 Å². The van der Waals surface area contributed by atoms with E-state index in [1.54, 1.807) is 0 Å². The number of amides is 2. The van der Waals surface area contributed by atoms with Crippen molar-refractivity contribution in [3.8, 4) is 0 Å². The van der Waals surface area contributed by atoms with Crippen LogP contribution < -0.4 is 5.32 Å². The first kappa shape index (κ1) is 18.5. The van der Waals surface area contributed by atoms with Gasteiger partial charge in [-0.25, -0.2) is 14.8 Å². The largest absolute Gasteiger partial charge is 0.324 e. The molecule has 0 spiro atoms. The normalized spacial score (nSPS) is 16.7. The average molecular weight is 377 g/mol. The van der Waals surface area contributed by atoms with Gasteiger partial charge in [-0.05, 0) is 62.1 Å². The second kappa shape index (κ2) is 7.62. The van der Waals surface area contributed by atoms with Gasteiger partial charge in [0.05, 0.1) is 0 Å². The Morgan fingerprint density at radius 1 is 1.25 bits per heavy atom. The van der Waals surface area contributed by atoms with Gasteiger partial charge in [-0.15, -0.1) is 0 Å². The van der Waals surface area contributed by atoms with Crippen molar-refractivity contribution in [3.05, 3.63) is 53.5 Å². The van der Waals surface area contributed by atoms with Gasteiger partial charge < -0.3 is 14.8 Å². The molecule has 6 nitrogen and oxygen atoms in total. The van der Waals surface area contributed by atoms with E-state index in [9.17, 15) is 4.79 Å². The van der Waals surface area contributed by atoms with Crippen LogP contribution >= 0.6 is 0 Å². The summed E-state index contributed by atoms with van der Waals surface area (Å²) >= 11 is 0. The van der Waals surface area contributed by atoms with Gasteiger partial charge in [0.15, 0.2) is 5.65 Å². The minimum absolute atomic E-state index is 0.0398. The second-order valence-corrected chi connectivity index (χ2v) is 7.63. The fourth-order valence-electron chi connectivity index (χ4n) is 3.91. The highest BCUT2D eigenvalue weighted by Crippen LogP contribution is 2.29. The van der Waals surface area contributed by atoms with Crippen LogP contribution in [0.3, 0.4) is 0 Å². The van der Waals surface area contributed by atoms with Crippen molar-refractivity contribution in [3.63, 3.8) is 0 Å². The fourth-order valence-corrected chi connectivity index (χ4v) is 3.91. The Kier molecular flexibility index (Phi) is 5.03. The standard InChI is InChI=1S/C22H27N5O/c1-4-11-27-20(25-19-6-5-10-23-21(19)27)17-9-12-26(14-17)22(28)24-18-8-7-15(2)16(3)13-18/h5-8,10,13,17H,4,9,11-12,14H2,1-3H3,(H,24,28)/t17-/m1/s1. The highest BCUT2D eigenvalue weighted by molar-refractivity contribution is 5.89. The Hall–Kier alpha value is -2.89. The van der Waals surface area contributed by atoms with Gasteiger partial charge in [-0.3, -0.25) is 0 Å². The van der Waals surface area contributed by atoms with Crippen molar-refractivity contribution in [1.29, 1.82) is 0 Å². The Morgan fingerprint density at radius 2 is 2.11 bits per heavy atom. The van der Waals surface area contributed by atoms with Crippen LogP contribution in [0.15, 0.2) is 36.5 Å². The Labute approximate surface area is 165 Å². The zero-order chi connectivity index (χ0) is 19.7. The average Bonchev–Trinajstić information content (AvgIpc) is 3.30. The molecule has 0 bridgehead atoms. The minimum atomic E-state index is -0.0398. The molecule has 1 aliphatic heterocycles. The molecular weight excluding hydrogens is 350 g/mol. The lowest BCUT2D eigenvalue weighted by Gasteiger charge is -2.18. The lowest BCUT2D eigenvalue weighted by Crippen LogP contribution is -2.33. The molecule has 0 unspecified atom stereocenters. The number of aryl methyl sites for hydroxylation is 3. The third-order valence-corrected chi connectivity index (χ3v) is 5.58. The van der Waals surface area contributed by atoms with Crippen LogP contribution in [0.1, 0.15) is 42.6 Å². The molecule has 28 heavy (non-hydrogen) atoms. The number of carbonyl (C=O) groups excluding carboxylic acids is 1. The van der Waals surface area contributed by atoms with E-state index >= 15 is 0 Å². The van der Waals surface area contributed by atoms with Gasteiger partial charge in [0.25, 0.3) is 0 Å². The number of carbonyl (C=O) groups is 1. The maximum absolute atomic E-state index is 12.7. The predicted octanol–water partition coefficient (Wildman–Crippen LogP) is 4.48. The van der Waals surface area contributed by atoms with Crippen molar-refractivity contribution < 1.29 is 4.79 Å². The van der Waals surface area contributed by atoms with E-state index in [4.69, 9.17) is 4.98 Å². The molecule has 1 N–H and O–H groups in total.